The number of allylic oxidation sites excluding steroid dienone is 4. The Balaban J connectivity index is 1.90. The third-order valence-electron chi connectivity index (χ3n) is 5.61. The van der Waals surface area contributed by atoms with Crippen LogP contribution in [0.4, 0.5) is 0 Å². The zero-order valence-corrected chi connectivity index (χ0v) is 19.7. The number of halogens is 1. The van der Waals surface area contributed by atoms with Crippen LogP contribution in [-0.4, -0.2) is 41.5 Å². The summed E-state index contributed by atoms with van der Waals surface area (Å²) in [6, 6.07) is 2.07. The minimum absolute atomic E-state index is 0.00507. The predicted molar refractivity (Wildman–Crippen MR) is 127 cm³/mol. The molecule has 1 aliphatic rings. The molecule has 1 saturated carbocycles. The van der Waals surface area contributed by atoms with Crippen LogP contribution in [-0.2, 0) is 16.0 Å². The molecule has 4 nitrogen and oxygen atoms in total. The van der Waals surface area contributed by atoms with Crippen molar-refractivity contribution in [2.45, 2.75) is 58.0 Å². The molecule has 1 radical (unpaired) electrons. The molecule has 7 heteroatoms. The normalized spacial score (nSPS) is 24.1. The van der Waals surface area contributed by atoms with E-state index in [2.05, 4.69) is 28.9 Å². The zero-order chi connectivity index (χ0) is 22.1. The van der Waals surface area contributed by atoms with Crippen LogP contribution in [0.1, 0.15) is 48.3 Å². The van der Waals surface area contributed by atoms with Crippen LogP contribution in [0, 0.1) is 24.7 Å². The Labute approximate surface area is 192 Å². The maximum atomic E-state index is 12.4. The molecule has 2 rings (SSSR count). The van der Waals surface area contributed by atoms with Gasteiger partial charge in [0.25, 0.3) is 0 Å². The molecular formula is C23H29BBrO4S. The molecule has 0 spiro atoms. The van der Waals surface area contributed by atoms with Crippen LogP contribution in [0.5, 0.6) is 0 Å². The fourth-order valence-corrected chi connectivity index (χ4v) is 5.52. The molecule has 2 N–H and O–H groups in total. The average Bonchev–Trinajstić information content (AvgIpc) is 3.19. The third kappa shape index (κ3) is 7.75. The van der Waals surface area contributed by atoms with Crippen molar-refractivity contribution in [1.29, 1.82) is 0 Å². The number of unbranched alkanes of at least 4 members (excludes halogenated alkanes) is 1. The number of thiophene rings is 1. The van der Waals surface area contributed by atoms with Crippen molar-refractivity contribution in [3.8, 4) is 0 Å². The van der Waals surface area contributed by atoms with Crippen LogP contribution < -0.4 is 0 Å². The van der Waals surface area contributed by atoms with E-state index in [9.17, 15) is 14.7 Å². The molecule has 4 atom stereocenters. The summed E-state index contributed by atoms with van der Waals surface area (Å²) in [5, 5.41) is 19.2. The van der Waals surface area contributed by atoms with E-state index in [0.29, 0.717) is 32.1 Å². The van der Waals surface area contributed by atoms with Crippen molar-refractivity contribution < 1.29 is 19.8 Å². The summed E-state index contributed by atoms with van der Waals surface area (Å²) in [4.78, 5) is 25.3. The number of aliphatic carboxylic acids is 1. The van der Waals surface area contributed by atoms with E-state index in [4.69, 9.17) is 12.6 Å². The Morgan fingerprint density at radius 2 is 2.10 bits per heavy atom. The van der Waals surface area contributed by atoms with E-state index >= 15 is 0 Å². The van der Waals surface area contributed by atoms with Crippen molar-refractivity contribution in [2.75, 3.05) is 0 Å². The maximum absolute atomic E-state index is 12.4. The van der Waals surface area contributed by atoms with Gasteiger partial charge in [-0.1, -0.05) is 0 Å². The summed E-state index contributed by atoms with van der Waals surface area (Å²) < 4.78 is 1.09. The van der Waals surface area contributed by atoms with Gasteiger partial charge in [0.2, 0.25) is 0 Å². The molecule has 0 amide bonds. The Morgan fingerprint density at radius 1 is 1.33 bits per heavy atom. The molecule has 0 aromatic carbocycles. The number of rotatable bonds is 12. The van der Waals surface area contributed by atoms with Gasteiger partial charge < -0.3 is 0 Å². The minimum atomic E-state index is -0.785. The molecule has 1 aromatic rings. The number of carboxylic acids is 1. The van der Waals surface area contributed by atoms with E-state index in [-0.39, 0.29) is 30.0 Å². The number of hydrogen-bond acceptors (Lipinski definition) is 4. The van der Waals surface area contributed by atoms with Crippen molar-refractivity contribution in [1.82, 2.24) is 0 Å². The first-order valence-electron chi connectivity index (χ1n) is 10.4. The molecule has 30 heavy (non-hydrogen) atoms. The van der Waals surface area contributed by atoms with Gasteiger partial charge in [0.15, 0.2) is 0 Å². The van der Waals surface area contributed by atoms with Gasteiger partial charge in [-0.3, -0.25) is 0 Å². The summed E-state index contributed by atoms with van der Waals surface area (Å²) in [5.74, 6) is 1.00. The zero-order valence-electron chi connectivity index (χ0n) is 17.3. The van der Waals surface area contributed by atoms with E-state index in [1.165, 1.54) is 9.75 Å². The van der Waals surface area contributed by atoms with Crippen LogP contribution in [0.15, 0.2) is 34.8 Å². The standard InChI is InChI=1S/C23H29BBrO4S/c1-15-21(25)13-18(30-15)10-8-17(26)9-11-19-16(14-24)12-22(27)20(19)6-4-2-3-5-7-23(28)29/h2,4,9,11,13-14,16,19-20,22,27H,3,5-8,10,12H2,1H3,(H,28,29)/b4-2-,11-9+/t16-,19-,20+,22?/m0/s1. The number of ketones is 1. The Hall–Kier alpha value is -1.31. The predicted octanol–water partition coefficient (Wildman–Crippen LogP) is 4.66. The topological polar surface area (TPSA) is 74.6 Å². The molecule has 161 valence electrons. The van der Waals surface area contributed by atoms with Gasteiger partial charge in [0.05, 0.1) is 0 Å². The van der Waals surface area contributed by atoms with Crippen molar-refractivity contribution in [3.63, 3.8) is 0 Å². The van der Waals surface area contributed by atoms with E-state index in [1.807, 2.05) is 18.2 Å². The Bertz CT molecular complexity index is 782. The monoisotopic (exact) mass is 491 g/mol. The van der Waals surface area contributed by atoms with Crippen LogP contribution in [0.2, 0.25) is 0 Å². The molecule has 1 fully saturated rings. The molecule has 0 saturated heterocycles. The number of hydrogen-bond donors (Lipinski definition) is 2. The quantitative estimate of drug-likeness (QED) is 0.193. The molecular weight excluding hydrogens is 463 g/mol. The van der Waals surface area contributed by atoms with E-state index in [1.54, 1.807) is 23.4 Å². The van der Waals surface area contributed by atoms with E-state index in [0.717, 1.165) is 10.9 Å². The second kappa shape index (κ2) is 12.5. The van der Waals surface area contributed by atoms with Gasteiger partial charge in [0.1, 0.15) is 0 Å². The van der Waals surface area contributed by atoms with Crippen molar-refractivity contribution in [2.24, 2.45) is 17.8 Å². The number of aliphatic hydroxyl groups excluding tert-OH is 1. The first kappa shape index (κ1) is 25.0. The van der Waals surface area contributed by atoms with Gasteiger partial charge in [-0.25, -0.2) is 0 Å². The van der Waals surface area contributed by atoms with Gasteiger partial charge in [-0.15, -0.1) is 0 Å². The first-order chi connectivity index (χ1) is 14.3. The number of carbonyl (C=O) groups excluding carboxylic acids is 1. The molecule has 1 aromatic heterocycles. The molecule has 1 aliphatic carbocycles. The second-order valence-electron chi connectivity index (χ2n) is 7.84. The van der Waals surface area contributed by atoms with Crippen molar-refractivity contribution >= 4 is 52.5 Å². The van der Waals surface area contributed by atoms with Gasteiger partial charge in [-0.2, -0.15) is 0 Å². The summed E-state index contributed by atoms with van der Waals surface area (Å²) in [7, 11) is 5.80. The SMILES string of the molecule is [B]=C[C@@H]1CC(O)[C@H](C/C=C\CCCC(=O)O)[C@H]1/C=C/C(=O)CCc1cc(Br)c(C)s1. The van der Waals surface area contributed by atoms with Gasteiger partial charge in [-0.05, 0) is 0 Å². The molecule has 1 unspecified atom stereocenters. The Kier molecular flexibility index (Phi) is 10.4. The average molecular weight is 492 g/mol. The Morgan fingerprint density at radius 3 is 2.73 bits per heavy atom. The van der Waals surface area contributed by atoms with Gasteiger partial charge >= 0.3 is 193 Å². The third-order valence-corrected chi connectivity index (χ3v) is 7.81. The number of aryl methyl sites for hydroxylation is 2. The number of aliphatic hydroxyl groups is 1. The number of carbonyl (C=O) groups is 2. The molecule has 1 heterocycles. The molecule has 0 aliphatic heterocycles. The van der Waals surface area contributed by atoms with Crippen molar-refractivity contribution in [3.05, 3.63) is 44.6 Å². The van der Waals surface area contributed by atoms with E-state index < -0.39 is 12.1 Å². The fourth-order valence-electron chi connectivity index (χ4n) is 3.92. The van der Waals surface area contributed by atoms with Crippen LogP contribution >= 0.6 is 27.3 Å². The van der Waals surface area contributed by atoms with Crippen LogP contribution in [0.3, 0.4) is 0 Å². The summed E-state index contributed by atoms with van der Waals surface area (Å²) in [6.45, 7) is 2.05. The summed E-state index contributed by atoms with van der Waals surface area (Å²) >= 11 is 5.21. The fraction of sp³-hybridized carbons (Fsp3) is 0.522. The second-order valence-corrected chi connectivity index (χ2v) is 10.0. The van der Waals surface area contributed by atoms with Crippen LogP contribution in [0.25, 0.3) is 0 Å². The summed E-state index contributed by atoms with van der Waals surface area (Å²) in [5.41, 5.74) is 0. The number of carboxylic acid groups (broad SMARTS) is 1. The van der Waals surface area contributed by atoms with Gasteiger partial charge in [0, 0.05) is 0 Å². The summed E-state index contributed by atoms with van der Waals surface area (Å²) in [6.07, 6.45) is 11.0. The molecule has 0 bridgehead atoms. The first-order valence-corrected chi connectivity index (χ1v) is 12.0.